The van der Waals surface area contributed by atoms with Crippen molar-refractivity contribution >= 4 is 11.9 Å². The van der Waals surface area contributed by atoms with Gasteiger partial charge in [-0.25, -0.2) is 0 Å². The van der Waals surface area contributed by atoms with Gasteiger partial charge in [0.25, 0.3) is 0 Å². The van der Waals surface area contributed by atoms with E-state index in [1.54, 1.807) is 0 Å². The average Bonchev–Trinajstić information content (AvgIpc) is 2.47. The number of carbonyl (C=O) groups is 2. The summed E-state index contributed by atoms with van der Waals surface area (Å²) < 4.78 is 0. The van der Waals surface area contributed by atoms with Crippen molar-refractivity contribution < 1.29 is 19.8 Å². The maximum absolute atomic E-state index is 11.8. The monoisotopic (exact) mass is 314 g/mol. The topological polar surface area (TPSA) is 74.6 Å². The number of carboxylic acids is 2. The number of carboxylic acid groups (broad SMARTS) is 2. The molecule has 2 N–H and O–H groups in total. The fourth-order valence-electron chi connectivity index (χ4n) is 3.00. The fraction of sp³-hybridized carbons (Fsp3) is 0.889. The molecule has 0 atom stereocenters. The lowest BCUT2D eigenvalue weighted by molar-refractivity contribution is -0.150. The maximum atomic E-state index is 11.8. The number of unbranched alkanes of at least 4 members (excludes halogenated alkanes) is 6. The van der Waals surface area contributed by atoms with E-state index in [2.05, 4.69) is 13.8 Å². The van der Waals surface area contributed by atoms with Crippen LogP contribution in [0.1, 0.15) is 97.3 Å². The Balaban J connectivity index is 4.20. The van der Waals surface area contributed by atoms with E-state index in [-0.39, 0.29) is 6.42 Å². The lowest BCUT2D eigenvalue weighted by Crippen LogP contribution is -2.31. The molecule has 0 aliphatic carbocycles. The molecule has 0 aliphatic heterocycles. The Hall–Kier alpha value is -1.06. The third-order valence-electron chi connectivity index (χ3n) is 4.52. The zero-order chi connectivity index (χ0) is 16.8. The van der Waals surface area contributed by atoms with Crippen molar-refractivity contribution in [3.8, 4) is 0 Å². The largest absolute Gasteiger partial charge is 0.481 e. The van der Waals surface area contributed by atoms with Crippen LogP contribution in [0.15, 0.2) is 0 Å². The van der Waals surface area contributed by atoms with Gasteiger partial charge in [0.2, 0.25) is 0 Å². The van der Waals surface area contributed by atoms with Gasteiger partial charge in [-0.15, -0.1) is 0 Å². The summed E-state index contributed by atoms with van der Waals surface area (Å²) in [6.07, 6.45) is 11.2. The molecule has 0 amide bonds. The molecule has 0 unspecified atom stereocenters. The number of hydrogen-bond acceptors (Lipinski definition) is 2. The van der Waals surface area contributed by atoms with Crippen molar-refractivity contribution in [2.45, 2.75) is 97.3 Å². The molecule has 0 heterocycles. The number of aliphatic carboxylic acids is 2. The zero-order valence-corrected chi connectivity index (χ0v) is 14.4. The molecular weight excluding hydrogens is 280 g/mol. The first-order valence-corrected chi connectivity index (χ1v) is 8.93. The second-order valence-electron chi connectivity index (χ2n) is 6.45. The third-order valence-corrected chi connectivity index (χ3v) is 4.52. The first kappa shape index (κ1) is 20.9. The molecule has 130 valence electrons. The van der Waals surface area contributed by atoms with Gasteiger partial charge in [0, 0.05) is 6.42 Å². The molecule has 0 fully saturated rings. The highest BCUT2D eigenvalue weighted by molar-refractivity contribution is 5.74. The van der Waals surface area contributed by atoms with Crippen LogP contribution in [0.5, 0.6) is 0 Å². The van der Waals surface area contributed by atoms with Gasteiger partial charge in [-0.2, -0.15) is 0 Å². The average molecular weight is 314 g/mol. The van der Waals surface area contributed by atoms with E-state index < -0.39 is 17.4 Å². The van der Waals surface area contributed by atoms with Crippen LogP contribution >= 0.6 is 0 Å². The van der Waals surface area contributed by atoms with Gasteiger partial charge in [-0.1, -0.05) is 65.2 Å². The molecule has 0 aliphatic rings. The molecule has 22 heavy (non-hydrogen) atoms. The van der Waals surface area contributed by atoms with Crippen LogP contribution in [0.25, 0.3) is 0 Å². The SMILES string of the molecule is CCCCC(CCCC)(CCCCCCCC(=O)O)C(=O)O. The maximum Gasteiger partial charge on any atom is 0.309 e. The molecule has 0 rings (SSSR count). The standard InChI is InChI=1S/C18H34O4/c1-3-5-13-18(17(21)22,14-6-4-2)15-11-9-7-8-10-12-16(19)20/h3-15H2,1-2H3,(H,19,20)(H,21,22). The first-order valence-electron chi connectivity index (χ1n) is 8.93. The molecule has 4 heteroatoms. The Kier molecular flexibility index (Phi) is 11.9. The van der Waals surface area contributed by atoms with Gasteiger partial charge in [-0.05, 0) is 25.7 Å². The Bertz CT molecular complexity index is 304. The Morgan fingerprint density at radius 3 is 1.64 bits per heavy atom. The van der Waals surface area contributed by atoms with Gasteiger partial charge in [0.1, 0.15) is 0 Å². The molecular formula is C18H34O4. The first-order chi connectivity index (χ1) is 10.5. The Morgan fingerprint density at radius 2 is 1.18 bits per heavy atom. The molecule has 0 aromatic carbocycles. The number of hydrogen-bond donors (Lipinski definition) is 2. The van der Waals surface area contributed by atoms with Crippen LogP contribution in [0, 0.1) is 5.41 Å². The van der Waals surface area contributed by atoms with E-state index >= 15 is 0 Å². The molecule has 0 saturated carbocycles. The van der Waals surface area contributed by atoms with Gasteiger partial charge in [0.05, 0.1) is 5.41 Å². The van der Waals surface area contributed by atoms with Crippen LogP contribution < -0.4 is 0 Å². The zero-order valence-electron chi connectivity index (χ0n) is 14.4. The summed E-state index contributed by atoms with van der Waals surface area (Å²) in [4.78, 5) is 22.2. The Morgan fingerprint density at radius 1 is 0.727 bits per heavy atom. The quantitative estimate of drug-likeness (QED) is 0.405. The van der Waals surface area contributed by atoms with Gasteiger partial charge in [-0.3, -0.25) is 9.59 Å². The third kappa shape index (κ3) is 9.06. The van der Waals surface area contributed by atoms with Crippen LogP contribution in [0.3, 0.4) is 0 Å². The van der Waals surface area contributed by atoms with Crippen LogP contribution in [-0.4, -0.2) is 22.2 Å². The fourth-order valence-corrected chi connectivity index (χ4v) is 3.00. The van der Waals surface area contributed by atoms with Crippen molar-refractivity contribution in [2.24, 2.45) is 5.41 Å². The molecule has 0 saturated heterocycles. The van der Waals surface area contributed by atoms with E-state index in [9.17, 15) is 14.7 Å². The highest BCUT2D eigenvalue weighted by Crippen LogP contribution is 2.37. The second kappa shape index (κ2) is 12.5. The van der Waals surface area contributed by atoms with E-state index in [1.807, 2.05) is 0 Å². The summed E-state index contributed by atoms with van der Waals surface area (Å²) in [6, 6.07) is 0. The lowest BCUT2D eigenvalue weighted by atomic mass is 9.74. The van der Waals surface area contributed by atoms with Gasteiger partial charge < -0.3 is 10.2 Å². The summed E-state index contributed by atoms with van der Waals surface area (Å²) in [5, 5.41) is 18.3. The summed E-state index contributed by atoms with van der Waals surface area (Å²) in [5.41, 5.74) is -0.535. The molecule has 0 aromatic rings. The molecule has 0 bridgehead atoms. The Labute approximate surface area is 135 Å². The minimum atomic E-state index is -0.732. The number of rotatable bonds is 15. The summed E-state index contributed by atoms with van der Waals surface area (Å²) in [5.74, 6) is -1.36. The molecule has 4 nitrogen and oxygen atoms in total. The van der Waals surface area contributed by atoms with E-state index in [0.29, 0.717) is 0 Å². The molecule has 0 spiro atoms. The van der Waals surface area contributed by atoms with Crippen LogP contribution in [-0.2, 0) is 9.59 Å². The minimum Gasteiger partial charge on any atom is -0.481 e. The van der Waals surface area contributed by atoms with Crippen molar-refractivity contribution in [2.75, 3.05) is 0 Å². The van der Waals surface area contributed by atoms with E-state index in [4.69, 9.17) is 5.11 Å². The molecule has 0 aromatic heterocycles. The van der Waals surface area contributed by atoms with Crippen molar-refractivity contribution in [3.05, 3.63) is 0 Å². The van der Waals surface area contributed by atoms with Crippen molar-refractivity contribution in [3.63, 3.8) is 0 Å². The summed E-state index contributed by atoms with van der Waals surface area (Å²) in [7, 11) is 0. The summed E-state index contributed by atoms with van der Waals surface area (Å²) >= 11 is 0. The van der Waals surface area contributed by atoms with E-state index in [1.165, 1.54) is 0 Å². The van der Waals surface area contributed by atoms with Crippen LogP contribution in [0.4, 0.5) is 0 Å². The highest BCUT2D eigenvalue weighted by atomic mass is 16.4. The van der Waals surface area contributed by atoms with Gasteiger partial charge in [0.15, 0.2) is 0 Å². The smallest absolute Gasteiger partial charge is 0.309 e. The van der Waals surface area contributed by atoms with Gasteiger partial charge >= 0.3 is 11.9 Å². The van der Waals surface area contributed by atoms with Crippen molar-refractivity contribution in [1.29, 1.82) is 0 Å². The lowest BCUT2D eigenvalue weighted by Gasteiger charge is -2.29. The predicted octanol–water partition coefficient (Wildman–Crippen LogP) is 5.25. The predicted molar refractivity (Wildman–Crippen MR) is 89.1 cm³/mol. The highest BCUT2D eigenvalue weighted by Gasteiger charge is 2.36. The second-order valence-corrected chi connectivity index (χ2v) is 6.45. The summed E-state index contributed by atoms with van der Waals surface area (Å²) in [6.45, 7) is 4.21. The van der Waals surface area contributed by atoms with Crippen LogP contribution in [0.2, 0.25) is 0 Å². The van der Waals surface area contributed by atoms with E-state index in [0.717, 1.165) is 77.0 Å². The molecule has 0 radical (unpaired) electrons. The van der Waals surface area contributed by atoms with Crippen molar-refractivity contribution in [1.82, 2.24) is 0 Å². The normalized spacial score (nSPS) is 11.5. The minimum absolute atomic E-state index is 0.242.